The highest BCUT2D eigenvalue weighted by molar-refractivity contribution is 7.89. The van der Waals surface area contributed by atoms with Crippen molar-refractivity contribution >= 4 is 15.8 Å². The Kier molecular flexibility index (Phi) is 3.99. The molecule has 0 saturated carbocycles. The van der Waals surface area contributed by atoms with E-state index in [1.807, 2.05) is 0 Å². The van der Waals surface area contributed by atoms with Gasteiger partial charge in [0.2, 0.25) is 5.16 Å². The summed E-state index contributed by atoms with van der Waals surface area (Å²) in [6, 6.07) is 2.03. The second-order valence-corrected chi connectivity index (χ2v) is 8.67. The largest absolute Gasteiger partial charge is 0.352 e. The van der Waals surface area contributed by atoms with Crippen molar-refractivity contribution in [1.29, 1.82) is 0 Å². The van der Waals surface area contributed by atoms with E-state index in [1.165, 1.54) is 33.5 Å². The predicted molar refractivity (Wildman–Crippen MR) is 92.8 cm³/mol. The maximum absolute atomic E-state index is 12.7. The summed E-state index contributed by atoms with van der Waals surface area (Å²) in [5.74, 6) is 0.847. The predicted octanol–water partition coefficient (Wildman–Crippen LogP) is 0.598. The minimum Gasteiger partial charge on any atom is -0.352 e. The summed E-state index contributed by atoms with van der Waals surface area (Å²) in [6.45, 7) is 1.24. The van der Waals surface area contributed by atoms with Gasteiger partial charge >= 0.3 is 0 Å². The van der Waals surface area contributed by atoms with E-state index < -0.39 is 10.0 Å². The van der Waals surface area contributed by atoms with Gasteiger partial charge < -0.3 is 9.47 Å². The van der Waals surface area contributed by atoms with Crippen LogP contribution in [0.5, 0.6) is 0 Å². The van der Waals surface area contributed by atoms with Gasteiger partial charge in [-0.15, -0.1) is 5.10 Å². The fourth-order valence-corrected chi connectivity index (χ4v) is 4.83. The van der Waals surface area contributed by atoms with Crippen LogP contribution in [-0.2, 0) is 29.9 Å². The number of imidazole rings is 1. The van der Waals surface area contributed by atoms with Gasteiger partial charge in [0.25, 0.3) is 10.0 Å². The zero-order chi connectivity index (χ0) is 17.6. The molecule has 0 atom stereocenters. The van der Waals surface area contributed by atoms with Crippen molar-refractivity contribution in [2.24, 2.45) is 7.05 Å². The van der Waals surface area contributed by atoms with Crippen molar-refractivity contribution in [3.63, 3.8) is 0 Å². The molecule has 25 heavy (non-hydrogen) atoms. The standard InChI is InChI=1S/C16H22N6O2S/c1-20-8-7-17-16(20)25(23,24)21(2)13-10-22(11-13)15-9-12-5-3-4-6-14(12)18-19-15/h7-9,13H,3-6,10-11H2,1-2H3. The number of anilines is 1. The van der Waals surface area contributed by atoms with Crippen LogP contribution < -0.4 is 4.90 Å². The molecule has 9 heteroatoms. The molecule has 0 bridgehead atoms. The van der Waals surface area contributed by atoms with E-state index in [4.69, 9.17) is 0 Å². The van der Waals surface area contributed by atoms with Crippen molar-refractivity contribution in [1.82, 2.24) is 24.1 Å². The molecule has 134 valence electrons. The first-order chi connectivity index (χ1) is 12.0. The molecular formula is C16H22N6O2S. The zero-order valence-electron chi connectivity index (χ0n) is 14.5. The number of rotatable bonds is 4. The van der Waals surface area contributed by atoms with Gasteiger partial charge in [-0.25, -0.2) is 13.4 Å². The maximum Gasteiger partial charge on any atom is 0.277 e. The Labute approximate surface area is 147 Å². The molecule has 1 aliphatic carbocycles. The number of likely N-dealkylation sites (N-methyl/N-ethyl adjacent to an activating group) is 1. The Hall–Kier alpha value is -2.00. The first kappa shape index (κ1) is 16.5. The first-order valence-electron chi connectivity index (χ1n) is 8.52. The third-order valence-electron chi connectivity index (χ3n) is 5.14. The molecule has 4 rings (SSSR count). The molecule has 2 aliphatic rings. The Morgan fingerprint density at radius 1 is 1.20 bits per heavy atom. The van der Waals surface area contributed by atoms with Gasteiger partial charge in [0.1, 0.15) is 0 Å². The molecule has 1 saturated heterocycles. The van der Waals surface area contributed by atoms with Crippen molar-refractivity contribution in [2.45, 2.75) is 36.9 Å². The molecule has 8 nitrogen and oxygen atoms in total. The quantitative estimate of drug-likeness (QED) is 0.792. The van der Waals surface area contributed by atoms with Gasteiger partial charge in [0.05, 0.1) is 11.7 Å². The average molecular weight is 362 g/mol. The van der Waals surface area contributed by atoms with Crippen LogP contribution in [0.25, 0.3) is 0 Å². The lowest BCUT2D eigenvalue weighted by atomic mass is 9.96. The number of fused-ring (bicyclic) bond motifs is 1. The summed E-state index contributed by atoms with van der Waals surface area (Å²) in [6.07, 6.45) is 7.58. The summed E-state index contributed by atoms with van der Waals surface area (Å²) in [5, 5.41) is 8.75. The number of aromatic nitrogens is 4. The smallest absolute Gasteiger partial charge is 0.277 e. The Bertz CT molecular complexity index is 888. The van der Waals surface area contributed by atoms with Gasteiger partial charge in [0, 0.05) is 39.6 Å². The molecule has 1 fully saturated rings. The lowest BCUT2D eigenvalue weighted by molar-refractivity contribution is 0.306. The van der Waals surface area contributed by atoms with E-state index >= 15 is 0 Å². The third kappa shape index (κ3) is 2.81. The Balaban J connectivity index is 1.46. The lowest BCUT2D eigenvalue weighted by Crippen LogP contribution is -2.60. The second-order valence-electron chi connectivity index (χ2n) is 6.78. The maximum atomic E-state index is 12.7. The molecule has 2 aromatic heterocycles. The fraction of sp³-hybridized carbons (Fsp3) is 0.562. The van der Waals surface area contributed by atoms with Crippen molar-refractivity contribution < 1.29 is 8.42 Å². The van der Waals surface area contributed by atoms with Crippen LogP contribution in [0, 0.1) is 0 Å². The number of aryl methyl sites for hydroxylation is 3. The van der Waals surface area contributed by atoms with Gasteiger partial charge in [-0.3, -0.25) is 0 Å². The molecule has 0 aromatic carbocycles. The van der Waals surface area contributed by atoms with E-state index in [1.54, 1.807) is 20.3 Å². The van der Waals surface area contributed by atoms with Crippen LogP contribution in [-0.4, -0.2) is 58.7 Å². The van der Waals surface area contributed by atoms with Crippen LogP contribution in [0.1, 0.15) is 24.1 Å². The van der Waals surface area contributed by atoms with Crippen molar-refractivity contribution in [3.05, 3.63) is 29.7 Å². The number of hydrogen-bond donors (Lipinski definition) is 0. The summed E-state index contributed by atoms with van der Waals surface area (Å²) < 4.78 is 28.3. The normalized spacial score (nSPS) is 18.3. The van der Waals surface area contributed by atoms with E-state index in [0.717, 1.165) is 24.4 Å². The molecule has 1 aliphatic heterocycles. The highest BCUT2D eigenvalue weighted by Gasteiger charge is 2.39. The second kappa shape index (κ2) is 6.06. The van der Waals surface area contributed by atoms with Gasteiger partial charge in [0.15, 0.2) is 5.82 Å². The minimum absolute atomic E-state index is 0.0713. The zero-order valence-corrected chi connectivity index (χ0v) is 15.3. The van der Waals surface area contributed by atoms with E-state index in [0.29, 0.717) is 13.1 Å². The molecule has 3 heterocycles. The molecule has 0 N–H and O–H groups in total. The molecule has 0 spiro atoms. The van der Waals surface area contributed by atoms with Crippen LogP contribution in [0.15, 0.2) is 23.6 Å². The van der Waals surface area contributed by atoms with Crippen LogP contribution in [0.2, 0.25) is 0 Å². The monoisotopic (exact) mass is 362 g/mol. The van der Waals surface area contributed by atoms with Gasteiger partial charge in [-0.2, -0.15) is 9.40 Å². The van der Waals surface area contributed by atoms with Crippen LogP contribution in [0.3, 0.4) is 0 Å². The Morgan fingerprint density at radius 2 is 1.96 bits per heavy atom. The number of sulfonamides is 1. The van der Waals surface area contributed by atoms with Gasteiger partial charge in [-0.1, -0.05) is 0 Å². The minimum atomic E-state index is -3.58. The van der Waals surface area contributed by atoms with Crippen LogP contribution in [0.4, 0.5) is 5.82 Å². The molecule has 0 unspecified atom stereocenters. The number of nitrogens with zero attached hydrogens (tertiary/aromatic N) is 6. The third-order valence-corrected chi connectivity index (χ3v) is 7.06. The number of hydrogen-bond acceptors (Lipinski definition) is 6. The average Bonchev–Trinajstić information content (AvgIpc) is 3.00. The fourth-order valence-electron chi connectivity index (χ4n) is 3.43. The molecule has 0 radical (unpaired) electrons. The summed E-state index contributed by atoms with van der Waals surface area (Å²) in [7, 11) is -0.284. The molecular weight excluding hydrogens is 340 g/mol. The molecule has 2 aromatic rings. The summed E-state index contributed by atoms with van der Waals surface area (Å²) in [4.78, 5) is 6.05. The highest BCUT2D eigenvalue weighted by atomic mass is 32.2. The highest BCUT2D eigenvalue weighted by Crippen LogP contribution is 2.27. The lowest BCUT2D eigenvalue weighted by Gasteiger charge is -2.43. The van der Waals surface area contributed by atoms with Crippen LogP contribution >= 0.6 is 0 Å². The van der Waals surface area contributed by atoms with E-state index in [9.17, 15) is 8.42 Å². The Morgan fingerprint density at radius 3 is 2.68 bits per heavy atom. The summed E-state index contributed by atoms with van der Waals surface area (Å²) in [5.41, 5.74) is 2.40. The van der Waals surface area contributed by atoms with E-state index in [2.05, 4.69) is 26.1 Å². The van der Waals surface area contributed by atoms with Gasteiger partial charge in [-0.05, 0) is 37.3 Å². The van der Waals surface area contributed by atoms with E-state index in [-0.39, 0.29) is 11.2 Å². The topological polar surface area (TPSA) is 84.2 Å². The first-order valence-corrected chi connectivity index (χ1v) is 9.96. The molecule has 0 amide bonds. The van der Waals surface area contributed by atoms with Crippen molar-refractivity contribution in [2.75, 3.05) is 25.0 Å². The van der Waals surface area contributed by atoms with Crippen molar-refractivity contribution in [3.8, 4) is 0 Å². The SMILES string of the molecule is CN(C1CN(c2cc3c(nn2)CCCC3)C1)S(=O)(=O)c1nccn1C. The summed E-state index contributed by atoms with van der Waals surface area (Å²) >= 11 is 0.